The molecule has 0 bridgehead atoms. The largest absolute Gasteiger partial charge is 0.217 e. The molecule has 0 aromatic heterocycles. The van der Waals surface area contributed by atoms with Crippen LogP contribution < -0.4 is 11.4 Å². The average molecular weight is 294 g/mol. The van der Waals surface area contributed by atoms with Gasteiger partial charge >= 0.3 is 0 Å². The molecule has 0 saturated heterocycles. The highest BCUT2D eigenvalue weighted by atomic mass is 16.8. The van der Waals surface area contributed by atoms with Crippen LogP contribution in [0.1, 0.15) is 71.1 Å². The number of rotatable bonds is 12. The Balaban J connectivity index is 0.000000547. The highest BCUT2D eigenvalue weighted by Crippen LogP contribution is 2.10. The predicted molar refractivity (Wildman–Crippen MR) is 91.6 cm³/mol. The molecule has 0 heterocycles. The normalized spacial score (nSPS) is 10.0. The van der Waals surface area contributed by atoms with Crippen LogP contribution in [0.5, 0.6) is 0 Å². The van der Waals surface area contributed by atoms with Crippen molar-refractivity contribution in [2.45, 2.75) is 71.1 Å². The molecule has 0 radical (unpaired) electrons. The molecule has 0 aliphatic heterocycles. The molecule has 0 unspecified atom stereocenters. The highest BCUT2D eigenvalue weighted by Gasteiger charge is 1.92. The lowest BCUT2D eigenvalue weighted by molar-refractivity contribution is 0.0400. The van der Waals surface area contributed by atoms with E-state index in [0.29, 0.717) is 0 Å². The molecular weight excluding hydrogens is 260 g/mol. The van der Waals surface area contributed by atoms with E-state index in [-0.39, 0.29) is 0 Å². The third-order valence-electron chi connectivity index (χ3n) is 3.38. The zero-order valence-corrected chi connectivity index (χ0v) is 13.7. The molecule has 0 amide bonds. The first kappa shape index (κ1) is 20.1. The smallest absolute Gasteiger partial charge is 0.0228 e. The average Bonchev–Trinajstić information content (AvgIpc) is 2.55. The first-order valence-electron chi connectivity index (χ1n) is 8.50. The maximum atomic E-state index is 4.84. The Hall–Kier alpha value is -0.900. The second-order valence-corrected chi connectivity index (χ2v) is 5.35. The number of hydrogen-bond donors (Lipinski definition) is 2. The summed E-state index contributed by atoms with van der Waals surface area (Å²) in [7, 11) is 0. The van der Waals surface area contributed by atoms with Crippen molar-refractivity contribution in [2.75, 3.05) is 6.54 Å². The van der Waals surface area contributed by atoms with Crippen LogP contribution >= 0.6 is 0 Å². The van der Waals surface area contributed by atoms with Crippen LogP contribution in [-0.4, -0.2) is 6.54 Å². The standard InChI is InChI=1S/C12H28N2O.C6H6/c1-2-3-4-5-6-7-8-9-10-11-12-14-15-13;1-2-4-6-5-3-1/h14H,2-13H2,1H3;1-6H. The molecule has 0 fully saturated rings. The first-order chi connectivity index (χ1) is 10.4. The van der Waals surface area contributed by atoms with Crippen LogP contribution in [0.25, 0.3) is 0 Å². The quantitative estimate of drug-likeness (QED) is 0.422. The minimum atomic E-state index is 0.868. The summed E-state index contributed by atoms with van der Waals surface area (Å²) in [6.45, 7) is 3.13. The molecular formula is C18H34N2O. The minimum Gasteiger partial charge on any atom is -0.217 e. The number of nitrogens with one attached hydrogen (secondary N) is 1. The molecule has 21 heavy (non-hydrogen) atoms. The highest BCUT2D eigenvalue weighted by molar-refractivity contribution is 4.99. The fourth-order valence-electron chi connectivity index (χ4n) is 2.13. The van der Waals surface area contributed by atoms with Gasteiger partial charge in [-0.3, -0.25) is 0 Å². The number of unbranched alkanes of at least 4 members (excludes halogenated alkanes) is 9. The van der Waals surface area contributed by atoms with Gasteiger partial charge in [-0.25, -0.2) is 4.94 Å². The van der Waals surface area contributed by atoms with Gasteiger partial charge in [0, 0.05) is 6.54 Å². The van der Waals surface area contributed by atoms with Crippen LogP contribution in [-0.2, 0) is 4.94 Å². The van der Waals surface area contributed by atoms with Crippen LogP contribution in [0.15, 0.2) is 36.4 Å². The van der Waals surface area contributed by atoms with E-state index in [1.165, 1.54) is 57.8 Å². The van der Waals surface area contributed by atoms with E-state index in [9.17, 15) is 0 Å². The van der Waals surface area contributed by atoms with Gasteiger partial charge < -0.3 is 0 Å². The van der Waals surface area contributed by atoms with Crippen molar-refractivity contribution in [3.8, 4) is 0 Å². The molecule has 3 nitrogen and oxygen atoms in total. The molecule has 1 aromatic carbocycles. The lowest BCUT2D eigenvalue weighted by Gasteiger charge is -2.02. The molecule has 0 aliphatic carbocycles. The Morgan fingerprint density at radius 1 is 0.667 bits per heavy atom. The lowest BCUT2D eigenvalue weighted by atomic mass is 10.1. The van der Waals surface area contributed by atoms with E-state index in [1.807, 2.05) is 36.4 Å². The van der Waals surface area contributed by atoms with E-state index in [0.717, 1.165) is 13.0 Å². The summed E-state index contributed by atoms with van der Waals surface area (Å²) in [4.78, 5) is 4.27. The summed E-state index contributed by atoms with van der Waals surface area (Å²) in [6, 6.07) is 12.0. The van der Waals surface area contributed by atoms with Crippen LogP contribution in [0, 0.1) is 0 Å². The number of hydrogen-bond acceptors (Lipinski definition) is 3. The van der Waals surface area contributed by atoms with Crippen molar-refractivity contribution in [2.24, 2.45) is 5.90 Å². The van der Waals surface area contributed by atoms with E-state index >= 15 is 0 Å². The Kier molecular flexibility index (Phi) is 18.3. The van der Waals surface area contributed by atoms with Crippen LogP contribution in [0.3, 0.4) is 0 Å². The molecule has 3 N–H and O–H groups in total. The molecule has 3 heteroatoms. The second kappa shape index (κ2) is 19.1. The SMILES string of the molecule is CCCCCCCCCCCCNON.c1ccccc1. The fraction of sp³-hybridized carbons (Fsp3) is 0.667. The molecule has 0 aliphatic rings. The van der Waals surface area contributed by atoms with Crippen LogP contribution in [0.2, 0.25) is 0 Å². The Morgan fingerprint density at radius 2 is 1.05 bits per heavy atom. The van der Waals surface area contributed by atoms with Crippen molar-refractivity contribution in [3.63, 3.8) is 0 Å². The Labute approximate surface area is 131 Å². The topological polar surface area (TPSA) is 47.3 Å². The van der Waals surface area contributed by atoms with Gasteiger partial charge in [0.1, 0.15) is 0 Å². The molecule has 0 spiro atoms. The predicted octanol–water partition coefficient (Wildman–Crippen LogP) is 4.99. The van der Waals surface area contributed by atoms with Gasteiger partial charge in [-0.05, 0) is 6.42 Å². The number of nitrogens with two attached hydrogens (primary N) is 1. The zero-order valence-electron chi connectivity index (χ0n) is 13.7. The van der Waals surface area contributed by atoms with Gasteiger partial charge in [0.15, 0.2) is 0 Å². The fourth-order valence-corrected chi connectivity index (χ4v) is 2.13. The lowest BCUT2D eigenvalue weighted by Crippen LogP contribution is -2.19. The van der Waals surface area contributed by atoms with Gasteiger partial charge in [0.05, 0.1) is 0 Å². The maximum absolute atomic E-state index is 4.84. The van der Waals surface area contributed by atoms with Gasteiger partial charge in [0.2, 0.25) is 0 Å². The molecule has 122 valence electrons. The van der Waals surface area contributed by atoms with E-state index in [1.54, 1.807) is 0 Å². The van der Waals surface area contributed by atoms with Crippen molar-refractivity contribution in [3.05, 3.63) is 36.4 Å². The van der Waals surface area contributed by atoms with Gasteiger partial charge in [-0.2, -0.15) is 11.4 Å². The third kappa shape index (κ3) is 19.1. The van der Waals surface area contributed by atoms with Crippen molar-refractivity contribution < 1.29 is 4.94 Å². The van der Waals surface area contributed by atoms with Crippen LogP contribution in [0.4, 0.5) is 0 Å². The minimum absolute atomic E-state index is 0.868. The third-order valence-corrected chi connectivity index (χ3v) is 3.38. The monoisotopic (exact) mass is 294 g/mol. The summed E-state index contributed by atoms with van der Waals surface area (Å²) in [6.07, 6.45) is 13.6. The van der Waals surface area contributed by atoms with E-state index < -0.39 is 0 Å². The zero-order chi connectivity index (χ0) is 15.4. The van der Waals surface area contributed by atoms with E-state index in [4.69, 9.17) is 5.90 Å². The molecule has 0 atom stereocenters. The second-order valence-electron chi connectivity index (χ2n) is 5.35. The maximum Gasteiger partial charge on any atom is 0.0228 e. The summed E-state index contributed by atoms with van der Waals surface area (Å²) >= 11 is 0. The molecule has 1 rings (SSSR count). The summed E-state index contributed by atoms with van der Waals surface area (Å²) < 4.78 is 0. The first-order valence-corrected chi connectivity index (χ1v) is 8.50. The molecule has 1 aromatic rings. The van der Waals surface area contributed by atoms with Crippen molar-refractivity contribution >= 4 is 0 Å². The molecule has 0 saturated carbocycles. The summed E-state index contributed by atoms with van der Waals surface area (Å²) in [5.74, 6) is 4.84. The van der Waals surface area contributed by atoms with Crippen molar-refractivity contribution in [1.29, 1.82) is 0 Å². The van der Waals surface area contributed by atoms with Crippen molar-refractivity contribution in [1.82, 2.24) is 5.48 Å². The summed E-state index contributed by atoms with van der Waals surface area (Å²) in [5.41, 5.74) is 2.65. The van der Waals surface area contributed by atoms with Gasteiger partial charge in [-0.1, -0.05) is 101 Å². The van der Waals surface area contributed by atoms with Gasteiger partial charge in [0.25, 0.3) is 0 Å². The number of benzene rings is 1. The number of hydroxylamine groups is 1. The van der Waals surface area contributed by atoms with E-state index in [2.05, 4.69) is 17.3 Å². The Morgan fingerprint density at radius 3 is 1.43 bits per heavy atom. The Bertz CT molecular complexity index is 228. The summed E-state index contributed by atoms with van der Waals surface area (Å²) in [5, 5.41) is 0. The van der Waals surface area contributed by atoms with Gasteiger partial charge in [-0.15, -0.1) is 0 Å².